The number of hydrogen-bond donors (Lipinski definition) is 1. The smallest absolute Gasteiger partial charge is 0.277 e. The topological polar surface area (TPSA) is 66.5 Å². The van der Waals surface area contributed by atoms with E-state index in [0.29, 0.717) is 6.42 Å². The van der Waals surface area contributed by atoms with E-state index < -0.39 is 35.6 Å². The minimum atomic E-state index is -1.28. The minimum absolute atomic E-state index is 0.182. The third-order valence-corrected chi connectivity index (χ3v) is 3.27. The lowest BCUT2D eigenvalue weighted by atomic mass is 9.94. The minimum Gasteiger partial charge on any atom is -0.277 e. The zero-order valence-electron chi connectivity index (χ0n) is 11.3. The van der Waals surface area contributed by atoms with Crippen molar-refractivity contribution in [1.29, 1.82) is 0 Å². The Morgan fingerprint density at radius 1 is 1.43 bits per heavy atom. The molecule has 4 amide bonds. The molecule has 0 radical (unpaired) electrons. The lowest BCUT2D eigenvalue weighted by Crippen LogP contribution is -2.59. The molecule has 1 aliphatic heterocycles. The summed E-state index contributed by atoms with van der Waals surface area (Å²) in [7, 11) is 0. The highest BCUT2D eigenvalue weighted by atomic mass is 19.1. The van der Waals surface area contributed by atoms with Crippen molar-refractivity contribution in [2.75, 3.05) is 0 Å². The molecule has 6 heteroatoms. The van der Waals surface area contributed by atoms with Crippen LogP contribution in [0.3, 0.4) is 0 Å². The maximum absolute atomic E-state index is 13.3. The molecule has 108 valence electrons. The molecule has 21 heavy (non-hydrogen) atoms. The van der Waals surface area contributed by atoms with Crippen LogP contribution in [0.1, 0.15) is 24.8 Å². The van der Waals surface area contributed by atoms with Gasteiger partial charge in [-0.3, -0.25) is 14.9 Å². The van der Waals surface area contributed by atoms with Crippen molar-refractivity contribution < 1.29 is 18.8 Å². The van der Waals surface area contributed by atoms with Crippen molar-refractivity contribution in [1.82, 2.24) is 10.2 Å². The van der Waals surface area contributed by atoms with Crippen LogP contribution in [0.25, 0.3) is 0 Å². The second-order valence-electron chi connectivity index (χ2n) is 4.58. The predicted molar refractivity (Wildman–Crippen MR) is 72.4 cm³/mol. The van der Waals surface area contributed by atoms with Gasteiger partial charge in [-0.1, -0.05) is 25.0 Å². The first-order chi connectivity index (χ1) is 9.99. The van der Waals surface area contributed by atoms with E-state index in [-0.39, 0.29) is 5.56 Å². The second-order valence-corrected chi connectivity index (χ2v) is 4.58. The number of rotatable bonds is 3. The number of imide groups is 2. The van der Waals surface area contributed by atoms with Crippen molar-refractivity contribution >= 4 is 17.8 Å². The summed E-state index contributed by atoms with van der Waals surface area (Å²) in [4.78, 5) is 37.0. The lowest BCUT2D eigenvalue weighted by Gasteiger charge is -2.33. The fraction of sp³-hybridized carbons (Fsp3) is 0.267. The zero-order valence-corrected chi connectivity index (χ0v) is 11.3. The Morgan fingerprint density at radius 2 is 2.14 bits per heavy atom. The maximum Gasteiger partial charge on any atom is 0.331 e. The molecule has 0 spiro atoms. The normalized spacial score (nSPS) is 20.0. The Bertz CT molecular complexity index is 651. The molecule has 2 rings (SSSR count). The Balaban J connectivity index is 2.43. The van der Waals surface area contributed by atoms with Crippen LogP contribution < -0.4 is 5.32 Å². The van der Waals surface area contributed by atoms with Crippen LogP contribution in [0.2, 0.25) is 0 Å². The summed E-state index contributed by atoms with van der Waals surface area (Å²) >= 11 is 0. The first kappa shape index (κ1) is 14.7. The summed E-state index contributed by atoms with van der Waals surface area (Å²) in [5.74, 6) is -1.02. The van der Waals surface area contributed by atoms with E-state index in [1.54, 1.807) is 6.92 Å². The molecule has 2 atom stereocenters. The number of nitrogens with one attached hydrogen (secondary N) is 1. The number of halogens is 1. The predicted octanol–water partition coefficient (Wildman–Crippen LogP) is 1.40. The van der Waals surface area contributed by atoms with E-state index >= 15 is 0 Å². The van der Waals surface area contributed by atoms with Gasteiger partial charge in [-0.15, -0.1) is 6.42 Å². The number of benzene rings is 1. The van der Waals surface area contributed by atoms with Gasteiger partial charge in [0.2, 0.25) is 11.8 Å². The average molecular weight is 288 g/mol. The average Bonchev–Trinajstić information content (AvgIpc) is 2.43. The number of amides is 4. The van der Waals surface area contributed by atoms with E-state index in [2.05, 4.69) is 11.2 Å². The lowest BCUT2D eigenvalue weighted by molar-refractivity contribution is -0.139. The quantitative estimate of drug-likeness (QED) is 0.675. The van der Waals surface area contributed by atoms with Crippen LogP contribution in [-0.4, -0.2) is 28.8 Å². The Hall–Kier alpha value is -2.68. The van der Waals surface area contributed by atoms with Crippen molar-refractivity contribution in [3.05, 3.63) is 35.6 Å². The standard InChI is InChI=1S/C15H13FN2O3/c1-3-11(4-2)18-14(20)12(13(19)17-15(18)21)9-6-5-7-10(16)8-9/h1,5-8,11-12H,4H2,2H3,(H,17,19,21). The molecule has 0 aliphatic carbocycles. The summed E-state index contributed by atoms with van der Waals surface area (Å²) in [5, 5.41) is 2.09. The Morgan fingerprint density at radius 3 is 2.71 bits per heavy atom. The third kappa shape index (κ3) is 2.63. The summed E-state index contributed by atoms with van der Waals surface area (Å²) in [6.45, 7) is 1.72. The summed E-state index contributed by atoms with van der Waals surface area (Å²) < 4.78 is 13.3. The molecule has 1 aromatic rings. The van der Waals surface area contributed by atoms with E-state index in [4.69, 9.17) is 6.42 Å². The van der Waals surface area contributed by atoms with Crippen LogP contribution in [0.5, 0.6) is 0 Å². The third-order valence-electron chi connectivity index (χ3n) is 3.27. The van der Waals surface area contributed by atoms with Crippen molar-refractivity contribution in [3.8, 4) is 12.3 Å². The first-order valence-corrected chi connectivity index (χ1v) is 6.39. The van der Waals surface area contributed by atoms with Gasteiger partial charge in [0.1, 0.15) is 17.8 Å². The van der Waals surface area contributed by atoms with Crippen LogP contribution in [0.15, 0.2) is 24.3 Å². The molecule has 5 nitrogen and oxygen atoms in total. The van der Waals surface area contributed by atoms with E-state index in [1.807, 2.05) is 0 Å². The van der Waals surface area contributed by atoms with Crippen LogP contribution in [-0.2, 0) is 9.59 Å². The fourth-order valence-corrected chi connectivity index (χ4v) is 2.24. The van der Waals surface area contributed by atoms with Crippen LogP contribution >= 0.6 is 0 Å². The second kappa shape index (κ2) is 5.75. The van der Waals surface area contributed by atoms with Gasteiger partial charge < -0.3 is 0 Å². The number of terminal acetylenes is 1. The van der Waals surface area contributed by atoms with Gasteiger partial charge in [0, 0.05) is 0 Å². The van der Waals surface area contributed by atoms with Crippen molar-refractivity contribution in [2.24, 2.45) is 0 Å². The summed E-state index contributed by atoms with van der Waals surface area (Å²) in [5.41, 5.74) is 0.182. The molecule has 1 saturated heterocycles. The van der Waals surface area contributed by atoms with Gasteiger partial charge in [0.05, 0.1) is 0 Å². The van der Waals surface area contributed by atoms with E-state index in [1.165, 1.54) is 18.2 Å². The molecule has 1 aromatic carbocycles. The van der Waals surface area contributed by atoms with Gasteiger partial charge in [-0.05, 0) is 24.1 Å². The van der Waals surface area contributed by atoms with E-state index in [0.717, 1.165) is 11.0 Å². The monoisotopic (exact) mass is 288 g/mol. The molecule has 0 bridgehead atoms. The molecular formula is C15H13FN2O3. The fourth-order valence-electron chi connectivity index (χ4n) is 2.24. The number of hydrogen-bond acceptors (Lipinski definition) is 3. The van der Waals surface area contributed by atoms with Crippen LogP contribution in [0, 0.1) is 18.2 Å². The highest BCUT2D eigenvalue weighted by Crippen LogP contribution is 2.25. The van der Waals surface area contributed by atoms with Crippen molar-refractivity contribution in [2.45, 2.75) is 25.3 Å². The van der Waals surface area contributed by atoms with Gasteiger partial charge in [0.25, 0.3) is 0 Å². The Labute approximate surface area is 121 Å². The molecule has 1 fully saturated rings. The largest absolute Gasteiger partial charge is 0.331 e. The first-order valence-electron chi connectivity index (χ1n) is 6.39. The number of carbonyl (C=O) groups is 3. The maximum atomic E-state index is 13.3. The van der Waals surface area contributed by atoms with E-state index in [9.17, 15) is 18.8 Å². The molecule has 2 unspecified atom stereocenters. The highest BCUT2D eigenvalue weighted by Gasteiger charge is 2.43. The highest BCUT2D eigenvalue weighted by molar-refractivity contribution is 6.19. The number of carbonyl (C=O) groups excluding carboxylic acids is 3. The number of nitrogens with zero attached hydrogens (tertiary/aromatic N) is 1. The summed E-state index contributed by atoms with van der Waals surface area (Å²) in [6, 6.07) is 3.55. The zero-order chi connectivity index (χ0) is 15.6. The van der Waals surface area contributed by atoms with Gasteiger partial charge in [0.15, 0.2) is 0 Å². The molecular weight excluding hydrogens is 275 g/mol. The molecule has 1 aliphatic rings. The Kier molecular flexibility index (Phi) is 4.03. The van der Waals surface area contributed by atoms with Crippen LogP contribution in [0.4, 0.5) is 9.18 Å². The number of urea groups is 1. The SMILES string of the molecule is C#CC(CC)N1C(=O)NC(=O)C(c2cccc(F)c2)C1=O. The molecule has 1 heterocycles. The van der Waals surface area contributed by atoms with Gasteiger partial charge in [-0.2, -0.15) is 0 Å². The van der Waals surface area contributed by atoms with Gasteiger partial charge in [-0.25, -0.2) is 14.1 Å². The number of barbiturate groups is 1. The summed E-state index contributed by atoms with van der Waals surface area (Å²) in [6.07, 6.45) is 5.67. The molecule has 0 saturated carbocycles. The molecule has 0 aromatic heterocycles. The molecule has 1 N–H and O–H groups in total. The van der Waals surface area contributed by atoms with Gasteiger partial charge >= 0.3 is 6.03 Å². The van der Waals surface area contributed by atoms with Crippen molar-refractivity contribution in [3.63, 3.8) is 0 Å².